The van der Waals surface area contributed by atoms with E-state index < -0.39 is 11.7 Å². The van der Waals surface area contributed by atoms with Gasteiger partial charge in [-0.05, 0) is 48.9 Å². The molecule has 1 aromatic heterocycles. The molecule has 3 aromatic carbocycles. The van der Waals surface area contributed by atoms with E-state index in [-0.39, 0.29) is 5.43 Å². The average Bonchev–Trinajstić information content (AvgIpc) is 2.63. The van der Waals surface area contributed by atoms with E-state index in [0.29, 0.717) is 28.5 Å². The quantitative estimate of drug-likeness (QED) is 0.472. The standard InChI is InChI=1S/C23H21NO3/c1-23(2)12-18(25)20-19(27-23)9-8-15-21(20)24(3)17-11-14-7-5-4-6-13(14)10-16(17)22(15)26/h4-11,18,25H,12H2,1-3H3. The number of nitrogens with zero attached hydrogens (tertiary/aromatic N) is 1. The summed E-state index contributed by atoms with van der Waals surface area (Å²) in [6.07, 6.45) is -0.181. The third kappa shape index (κ3) is 2.30. The topological polar surface area (TPSA) is 51.5 Å². The molecular formula is C23H21NO3. The number of aromatic nitrogens is 1. The zero-order valence-corrected chi connectivity index (χ0v) is 15.6. The van der Waals surface area contributed by atoms with Crippen molar-refractivity contribution < 1.29 is 9.84 Å². The van der Waals surface area contributed by atoms with Gasteiger partial charge >= 0.3 is 0 Å². The Labute approximate surface area is 156 Å². The minimum atomic E-state index is -0.670. The normalized spacial score (nSPS) is 18.6. The number of pyridine rings is 1. The van der Waals surface area contributed by atoms with E-state index in [2.05, 4.69) is 0 Å². The second kappa shape index (κ2) is 5.33. The number of aliphatic hydroxyl groups excluding tert-OH is 1. The van der Waals surface area contributed by atoms with Crippen LogP contribution in [0.2, 0.25) is 0 Å². The Hall–Kier alpha value is -2.85. The summed E-state index contributed by atoms with van der Waals surface area (Å²) in [7, 11) is 1.95. The van der Waals surface area contributed by atoms with Crippen molar-refractivity contribution in [3.05, 3.63) is 64.3 Å². The van der Waals surface area contributed by atoms with Gasteiger partial charge in [0.2, 0.25) is 0 Å². The minimum Gasteiger partial charge on any atom is -0.487 e. The van der Waals surface area contributed by atoms with Gasteiger partial charge in [-0.15, -0.1) is 0 Å². The van der Waals surface area contributed by atoms with Crippen molar-refractivity contribution in [2.24, 2.45) is 7.05 Å². The first kappa shape index (κ1) is 16.3. The number of rotatable bonds is 0. The summed E-state index contributed by atoms with van der Waals surface area (Å²) in [5.74, 6) is 0.654. The lowest BCUT2D eigenvalue weighted by molar-refractivity contribution is 0.0124. The molecule has 0 saturated heterocycles. The fourth-order valence-electron chi connectivity index (χ4n) is 4.41. The van der Waals surface area contributed by atoms with Crippen molar-refractivity contribution in [1.82, 2.24) is 4.57 Å². The molecule has 0 radical (unpaired) electrons. The first-order valence-electron chi connectivity index (χ1n) is 9.21. The van der Waals surface area contributed by atoms with Crippen LogP contribution in [0.15, 0.2) is 53.3 Å². The van der Waals surface area contributed by atoms with Gasteiger partial charge in [0, 0.05) is 29.8 Å². The fourth-order valence-corrected chi connectivity index (χ4v) is 4.41. The summed E-state index contributed by atoms with van der Waals surface area (Å²) in [5, 5.41) is 14.3. The molecular weight excluding hydrogens is 338 g/mol. The summed E-state index contributed by atoms with van der Waals surface area (Å²) in [4.78, 5) is 13.3. The third-order valence-electron chi connectivity index (χ3n) is 5.63. The van der Waals surface area contributed by atoms with Crippen LogP contribution in [0.3, 0.4) is 0 Å². The number of benzene rings is 3. The van der Waals surface area contributed by atoms with E-state index in [4.69, 9.17) is 4.74 Å². The lowest BCUT2D eigenvalue weighted by atomic mass is 9.89. The molecule has 4 aromatic rings. The molecule has 1 aliphatic rings. The highest BCUT2D eigenvalue weighted by molar-refractivity contribution is 6.02. The van der Waals surface area contributed by atoms with Gasteiger partial charge in [0.1, 0.15) is 11.4 Å². The molecule has 1 atom stereocenters. The van der Waals surface area contributed by atoms with Gasteiger partial charge in [0.05, 0.1) is 17.1 Å². The first-order chi connectivity index (χ1) is 12.9. The maximum absolute atomic E-state index is 13.3. The SMILES string of the molecule is Cn1c2cc3ccccc3cc2c(=O)c2ccc3c(c21)C(O)CC(C)(C)O3. The van der Waals surface area contributed by atoms with Crippen LogP contribution in [-0.4, -0.2) is 15.3 Å². The van der Waals surface area contributed by atoms with Crippen molar-refractivity contribution in [2.45, 2.75) is 32.0 Å². The zero-order chi connectivity index (χ0) is 18.9. The van der Waals surface area contributed by atoms with Gasteiger partial charge in [-0.3, -0.25) is 4.79 Å². The second-order valence-electron chi connectivity index (χ2n) is 8.06. The zero-order valence-electron chi connectivity index (χ0n) is 15.6. The molecule has 1 N–H and O–H groups in total. The van der Waals surface area contributed by atoms with Crippen LogP contribution in [0.4, 0.5) is 0 Å². The molecule has 4 nitrogen and oxygen atoms in total. The highest BCUT2D eigenvalue weighted by atomic mass is 16.5. The van der Waals surface area contributed by atoms with E-state index in [1.54, 1.807) is 0 Å². The Balaban J connectivity index is 1.96. The Bertz CT molecular complexity index is 1300. The molecule has 0 fully saturated rings. The number of hydrogen-bond donors (Lipinski definition) is 1. The highest BCUT2D eigenvalue weighted by Gasteiger charge is 2.35. The summed E-state index contributed by atoms with van der Waals surface area (Å²) in [5.41, 5.74) is 1.87. The number of aliphatic hydroxyl groups is 1. The molecule has 0 amide bonds. The Morgan fingerprint density at radius 2 is 1.78 bits per heavy atom. The molecule has 136 valence electrons. The van der Waals surface area contributed by atoms with Crippen LogP contribution in [0.5, 0.6) is 5.75 Å². The van der Waals surface area contributed by atoms with Crippen LogP contribution >= 0.6 is 0 Å². The van der Waals surface area contributed by atoms with Gasteiger partial charge in [-0.2, -0.15) is 0 Å². The summed E-state index contributed by atoms with van der Waals surface area (Å²) < 4.78 is 8.12. The van der Waals surface area contributed by atoms with Crippen LogP contribution < -0.4 is 10.2 Å². The third-order valence-corrected chi connectivity index (χ3v) is 5.63. The van der Waals surface area contributed by atoms with Crippen molar-refractivity contribution in [2.75, 3.05) is 0 Å². The maximum atomic E-state index is 13.3. The molecule has 2 heterocycles. The van der Waals surface area contributed by atoms with Gasteiger partial charge < -0.3 is 14.4 Å². The predicted molar refractivity (Wildman–Crippen MR) is 108 cm³/mol. The second-order valence-corrected chi connectivity index (χ2v) is 8.06. The molecule has 5 rings (SSSR count). The van der Waals surface area contributed by atoms with Gasteiger partial charge in [0.25, 0.3) is 0 Å². The van der Waals surface area contributed by atoms with Gasteiger partial charge in [-0.1, -0.05) is 24.3 Å². The van der Waals surface area contributed by atoms with E-state index in [1.807, 2.05) is 74.0 Å². The van der Waals surface area contributed by atoms with Crippen LogP contribution in [0, 0.1) is 0 Å². The Kier molecular flexibility index (Phi) is 3.23. The van der Waals surface area contributed by atoms with Crippen LogP contribution in [0.1, 0.15) is 31.9 Å². The van der Waals surface area contributed by atoms with E-state index in [0.717, 1.165) is 21.8 Å². The average molecular weight is 359 g/mol. The van der Waals surface area contributed by atoms with Crippen molar-refractivity contribution in [3.8, 4) is 5.75 Å². The highest BCUT2D eigenvalue weighted by Crippen LogP contribution is 2.43. The van der Waals surface area contributed by atoms with E-state index in [1.165, 1.54) is 0 Å². The lowest BCUT2D eigenvalue weighted by Gasteiger charge is -2.36. The van der Waals surface area contributed by atoms with E-state index >= 15 is 0 Å². The van der Waals surface area contributed by atoms with E-state index in [9.17, 15) is 9.90 Å². The first-order valence-corrected chi connectivity index (χ1v) is 9.21. The van der Waals surface area contributed by atoms with Crippen LogP contribution in [0.25, 0.3) is 32.6 Å². The minimum absolute atomic E-state index is 0.0105. The maximum Gasteiger partial charge on any atom is 0.197 e. The number of fused-ring (bicyclic) bond motifs is 5. The largest absolute Gasteiger partial charge is 0.487 e. The van der Waals surface area contributed by atoms with Crippen molar-refractivity contribution >= 4 is 32.6 Å². The van der Waals surface area contributed by atoms with Crippen molar-refractivity contribution in [1.29, 1.82) is 0 Å². The molecule has 0 aliphatic carbocycles. The molecule has 1 unspecified atom stereocenters. The lowest BCUT2D eigenvalue weighted by Crippen LogP contribution is -2.35. The molecule has 0 bridgehead atoms. The number of hydrogen-bond acceptors (Lipinski definition) is 3. The predicted octanol–water partition coefficient (Wildman–Crippen LogP) is 4.44. The van der Waals surface area contributed by atoms with Gasteiger partial charge in [0.15, 0.2) is 5.43 Å². The van der Waals surface area contributed by atoms with Crippen LogP contribution in [-0.2, 0) is 7.05 Å². The Morgan fingerprint density at radius 3 is 2.52 bits per heavy atom. The molecule has 0 saturated carbocycles. The molecule has 27 heavy (non-hydrogen) atoms. The Morgan fingerprint density at radius 1 is 1.07 bits per heavy atom. The number of ether oxygens (including phenoxy) is 1. The van der Waals surface area contributed by atoms with Crippen molar-refractivity contribution in [3.63, 3.8) is 0 Å². The number of aryl methyl sites for hydroxylation is 1. The smallest absolute Gasteiger partial charge is 0.197 e. The molecule has 4 heteroatoms. The summed E-state index contributed by atoms with van der Waals surface area (Å²) >= 11 is 0. The monoisotopic (exact) mass is 359 g/mol. The summed E-state index contributed by atoms with van der Waals surface area (Å²) in [6.45, 7) is 3.93. The fraction of sp³-hybridized carbons (Fsp3) is 0.261. The molecule has 1 aliphatic heterocycles. The van der Waals surface area contributed by atoms with Gasteiger partial charge in [-0.25, -0.2) is 0 Å². The molecule has 0 spiro atoms. The summed E-state index contributed by atoms with van der Waals surface area (Å²) in [6, 6.07) is 15.7.